The van der Waals surface area contributed by atoms with E-state index in [1.54, 1.807) is 4.57 Å². The van der Waals surface area contributed by atoms with Crippen LogP contribution in [0.5, 0.6) is 0 Å². The van der Waals surface area contributed by atoms with Crippen LogP contribution in [-0.2, 0) is 11.3 Å². The third-order valence-electron chi connectivity index (χ3n) is 3.33. The molecule has 1 fully saturated rings. The smallest absolute Gasteiger partial charge is 0.343 e. The molecule has 0 aromatic carbocycles. The minimum Gasteiger partial charge on any atom is -0.481 e. The van der Waals surface area contributed by atoms with Crippen molar-refractivity contribution >= 4 is 17.7 Å². The van der Waals surface area contributed by atoms with Crippen LogP contribution in [0.1, 0.15) is 12.8 Å². The van der Waals surface area contributed by atoms with E-state index in [1.165, 1.54) is 0 Å². The number of rotatable bonds is 5. The summed E-state index contributed by atoms with van der Waals surface area (Å²) in [6, 6.07) is 0. The number of aromatic nitrogens is 3. The number of nitrogens with zero attached hydrogens (tertiary/aromatic N) is 3. The topological polar surface area (TPSA) is 91.2 Å². The fraction of sp³-hybridized carbons (Fsp3) is 0.727. The van der Waals surface area contributed by atoms with E-state index < -0.39 is 5.97 Å². The van der Waals surface area contributed by atoms with Gasteiger partial charge in [0.25, 0.3) is 0 Å². The summed E-state index contributed by atoms with van der Waals surface area (Å²) in [5, 5.41) is 15.4. The van der Waals surface area contributed by atoms with Gasteiger partial charge in [-0.3, -0.25) is 9.36 Å². The second kappa shape index (κ2) is 6.25. The highest BCUT2D eigenvalue weighted by Gasteiger charge is 2.20. The van der Waals surface area contributed by atoms with Gasteiger partial charge in [-0.25, -0.2) is 9.89 Å². The number of nitrogens with one attached hydrogen (secondary N) is 1. The van der Waals surface area contributed by atoms with Crippen molar-refractivity contribution in [1.29, 1.82) is 0 Å². The lowest BCUT2D eigenvalue weighted by atomic mass is 9.97. The highest BCUT2D eigenvalue weighted by Crippen LogP contribution is 2.20. The molecule has 1 aliphatic heterocycles. The molecule has 0 amide bonds. The lowest BCUT2D eigenvalue weighted by molar-refractivity contribution is -0.133. The molecule has 1 saturated heterocycles. The summed E-state index contributed by atoms with van der Waals surface area (Å²) in [6.07, 6.45) is 2.11. The van der Waals surface area contributed by atoms with Gasteiger partial charge in [-0.2, -0.15) is 0 Å². The number of aliphatic carboxylic acids is 1. The molecule has 0 saturated carbocycles. The average molecular weight is 286 g/mol. The van der Waals surface area contributed by atoms with Crippen LogP contribution in [0.3, 0.4) is 0 Å². The van der Waals surface area contributed by atoms with Crippen LogP contribution in [0.2, 0.25) is 0 Å². The molecular formula is C11H18N4O3S. The largest absolute Gasteiger partial charge is 0.481 e. The SMILES string of the molecule is CN1CCC(Cn2c(SCC(=O)O)n[nH]c2=O)CC1. The standard InChI is InChI=1S/C11H18N4O3S/c1-14-4-2-8(3-5-14)6-15-10(18)12-13-11(15)19-7-9(16)17/h8H,2-7H2,1H3,(H,12,18)(H,16,17). The molecule has 7 nitrogen and oxygen atoms in total. The molecule has 0 bridgehead atoms. The second-order valence-electron chi connectivity index (χ2n) is 4.85. The van der Waals surface area contributed by atoms with Crippen LogP contribution in [0.25, 0.3) is 0 Å². The fourth-order valence-corrected chi connectivity index (χ4v) is 2.88. The number of aromatic amines is 1. The van der Waals surface area contributed by atoms with Gasteiger partial charge >= 0.3 is 11.7 Å². The quantitative estimate of drug-likeness (QED) is 0.745. The minimum absolute atomic E-state index is 0.0856. The van der Waals surface area contributed by atoms with E-state index >= 15 is 0 Å². The number of likely N-dealkylation sites (tertiary alicyclic amines) is 1. The molecule has 106 valence electrons. The first-order valence-corrected chi connectivity index (χ1v) is 7.23. The van der Waals surface area contributed by atoms with Crippen molar-refractivity contribution in [2.24, 2.45) is 5.92 Å². The number of H-pyrrole nitrogens is 1. The molecule has 2 rings (SSSR count). The Morgan fingerprint density at radius 3 is 2.84 bits per heavy atom. The van der Waals surface area contributed by atoms with E-state index in [0.717, 1.165) is 37.7 Å². The number of carbonyl (C=O) groups is 1. The van der Waals surface area contributed by atoms with Gasteiger partial charge in [0.2, 0.25) is 0 Å². The van der Waals surface area contributed by atoms with Gasteiger partial charge in [0, 0.05) is 6.54 Å². The van der Waals surface area contributed by atoms with Crippen LogP contribution in [0, 0.1) is 5.92 Å². The van der Waals surface area contributed by atoms with Crippen LogP contribution in [-0.4, -0.2) is 56.6 Å². The number of hydrogen-bond acceptors (Lipinski definition) is 5. The van der Waals surface area contributed by atoms with Gasteiger partial charge in [0.05, 0.1) is 5.75 Å². The number of hydrogen-bond donors (Lipinski definition) is 2. The number of thioether (sulfide) groups is 1. The predicted molar refractivity (Wildman–Crippen MR) is 71.4 cm³/mol. The molecule has 19 heavy (non-hydrogen) atoms. The molecule has 0 unspecified atom stereocenters. The summed E-state index contributed by atoms with van der Waals surface area (Å²) in [5.41, 5.74) is -0.258. The summed E-state index contributed by atoms with van der Waals surface area (Å²) in [6.45, 7) is 2.69. The normalized spacial score (nSPS) is 17.7. The molecule has 1 aromatic heterocycles. The molecule has 8 heteroatoms. The Balaban J connectivity index is 2.00. The van der Waals surface area contributed by atoms with E-state index in [4.69, 9.17) is 5.11 Å². The van der Waals surface area contributed by atoms with E-state index in [9.17, 15) is 9.59 Å². The first-order valence-electron chi connectivity index (χ1n) is 6.24. The molecule has 2 N–H and O–H groups in total. The predicted octanol–water partition coefficient (Wildman–Crippen LogP) is 0.0899. The van der Waals surface area contributed by atoms with Gasteiger partial charge in [-0.15, -0.1) is 5.10 Å². The first-order chi connectivity index (χ1) is 9.06. The van der Waals surface area contributed by atoms with Crippen LogP contribution in [0.15, 0.2) is 9.95 Å². The summed E-state index contributed by atoms with van der Waals surface area (Å²) in [7, 11) is 2.09. The summed E-state index contributed by atoms with van der Waals surface area (Å²) in [5.74, 6) is -0.542. The van der Waals surface area contributed by atoms with Gasteiger partial charge < -0.3 is 10.0 Å². The Hall–Kier alpha value is -1.28. The average Bonchev–Trinajstić information content (AvgIpc) is 2.71. The Morgan fingerprint density at radius 1 is 1.53 bits per heavy atom. The number of piperidine rings is 1. The van der Waals surface area contributed by atoms with Gasteiger partial charge in [-0.05, 0) is 38.9 Å². The Kier molecular flexibility index (Phi) is 4.65. The number of carboxylic acid groups (broad SMARTS) is 1. The summed E-state index contributed by atoms with van der Waals surface area (Å²) >= 11 is 1.08. The minimum atomic E-state index is -0.911. The van der Waals surface area contributed by atoms with Crippen molar-refractivity contribution in [1.82, 2.24) is 19.7 Å². The van der Waals surface area contributed by atoms with E-state index in [-0.39, 0.29) is 11.4 Å². The third kappa shape index (κ3) is 3.84. The van der Waals surface area contributed by atoms with Crippen molar-refractivity contribution in [3.05, 3.63) is 10.5 Å². The summed E-state index contributed by atoms with van der Waals surface area (Å²) < 4.78 is 1.56. The molecule has 1 aromatic rings. The lowest BCUT2D eigenvalue weighted by Crippen LogP contribution is -2.33. The van der Waals surface area contributed by atoms with Gasteiger partial charge in [0.15, 0.2) is 5.16 Å². The molecule has 1 aliphatic rings. The highest BCUT2D eigenvalue weighted by atomic mass is 32.2. The Labute approximate surface area is 115 Å². The van der Waals surface area contributed by atoms with Crippen molar-refractivity contribution in [2.75, 3.05) is 25.9 Å². The Bertz CT molecular complexity index is 490. The van der Waals surface area contributed by atoms with Gasteiger partial charge in [0.1, 0.15) is 0 Å². The fourth-order valence-electron chi connectivity index (χ4n) is 2.20. The monoisotopic (exact) mass is 286 g/mol. The molecule has 0 aliphatic carbocycles. The third-order valence-corrected chi connectivity index (χ3v) is 4.29. The summed E-state index contributed by atoms with van der Waals surface area (Å²) in [4.78, 5) is 24.5. The molecule has 2 heterocycles. The Morgan fingerprint density at radius 2 is 2.21 bits per heavy atom. The molecule has 0 radical (unpaired) electrons. The zero-order chi connectivity index (χ0) is 13.8. The highest BCUT2D eigenvalue weighted by molar-refractivity contribution is 7.99. The zero-order valence-corrected chi connectivity index (χ0v) is 11.7. The van der Waals surface area contributed by atoms with Crippen molar-refractivity contribution in [3.8, 4) is 0 Å². The van der Waals surface area contributed by atoms with Crippen molar-refractivity contribution < 1.29 is 9.90 Å². The second-order valence-corrected chi connectivity index (χ2v) is 5.79. The van der Waals surface area contributed by atoms with Crippen molar-refractivity contribution in [2.45, 2.75) is 24.5 Å². The van der Waals surface area contributed by atoms with E-state index in [1.807, 2.05) is 0 Å². The van der Waals surface area contributed by atoms with E-state index in [0.29, 0.717) is 17.6 Å². The van der Waals surface area contributed by atoms with Crippen LogP contribution in [0.4, 0.5) is 0 Å². The van der Waals surface area contributed by atoms with Crippen LogP contribution < -0.4 is 5.69 Å². The maximum Gasteiger partial charge on any atom is 0.343 e. The maximum atomic E-state index is 11.7. The molecular weight excluding hydrogens is 268 g/mol. The first kappa shape index (κ1) is 14.1. The lowest BCUT2D eigenvalue weighted by Gasteiger charge is -2.28. The number of carboxylic acids is 1. The van der Waals surface area contributed by atoms with E-state index in [2.05, 4.69) is 22.1 Å². The van der Waals surface area contributed by atoms with Crippen LogP contribution >= 0.6 is 11.8 Å². The zero-order valence-electron chi connectivity index (χ0n) is 10.8. The maximum absolute atomic E-state index is 11.7. The van der Waals surface area contributed by atoms with Gasteiger partial charge in [-0.1, -0.05) is 11.8 Å². The molecule has 0 spiro atoms. The molecule has 0 atom stereocenters. The van der Waals surface area contributed by atoms with Crippen molar-refractivity contribution in [3.63, 3.8) is 0 Å².